The molecule has 0 spiro atoms. The maximum atomic E-state index is 5.59. The van der Waals surface area contributed by atoms with Gasteiger partial charge in [-0.15, -0.1) is 11.3 Å². The Bertz CT molecular complexity index is 3230. The highest BCUT2D eigenvalue weighted by Crippen LogP contribution is 2.43. The monoisotopic (exact) mass is 733 g/mol. The molecule has 1 atom stereocenters. The molecule has 4 heteroatoms. The molecule has 1 aliphatic rings. The summed E-state index contributed by atoms with van der Waals surface area (Å²) in [4.78, 5) is 13.5. The van der Waals surface area contributed by atoms with Crippen LogP contribution in [-0.4, -0.2) is 23.6 Å². The summed E-state index contributed by atoms with van der Waals surface area (Å²) in [6.07, 6.45) is -0.318. The Hall–Kier alpha value is -6.88. The van der Waals surface area contributed by atoms with Gasteiger partial charge >= 0.3 is 0 Å². The Kier molecular flexibility index (Phi) is 7.64. The lowest BCUT2D eigenvalue weighted by atomic mass is 9.92. The van der Waals surface area contributed by atoms with Gasteiger partial charge in [0.15, 0.2) is 12.0 Å². The lowest BCUT2D eigenvalue weighted by molar-refractivity contribution is 0.385. The molecule has 0 radical (unpaired) electrons. The lowest BCUT2D eigenvalue weighted by Gasteiger charge is -2.34. The number of fused-ring (bicyclic) bond motifs is 7. The fraction of sp³-hybridized carbons (Fsp3) is 0.0385. The second-order valence-electron chi connectivity index (χ2n) is 14.5. The van der Waals surface area contributed by atoms with Gasteiger partial charge in [-0.25, -0.2) is 9.98 Å². The summed E-state index contributed by atoms with van der Waals surface area (Å²) in [5, 5.41) is 9.86. The second-order valence-corrected chi connectivity index (χ2v) is 15.6. The van der Waals surface area contributed by atoms with Gasteiger partial charge in [0.05, 0.1) is 0 Å². The van der Waals surface area contributed by atoms with Crippen molar-refractivity contribution in [3.8, 4) is 22.3 Å². The van der Waals surface area contributed by atoms with E-state index in [1.807, 2.05) is 11.3 Å². The van der Waals surface area contributed by atoms with Crippen LogP contribution in [0.3, 0.4) is 0 Å². The normalized spacial score (nSPS) is 14.5. The molecule has 264 valence electrons. The average Bonchev–Trinajstić information content (AvgIpc) is 3.65. The molecule has 1 aliphatic heterocycles. The molecule has 9 aromatic carbocycles. The molecule has 2 heterocycles. The van der Waals surface area contributed by atoms with Crippen LogP contribution in [-0.2, 0) is 0 Å². The smallest absolute Gasteiger partial charge is 0.159 e. The van der Waals surface area contributed by atoms with E-state index in [0.29, 0.717) is 0 Å². The van der Waals surface area contributed by atoms with Crippen molar-refractivity contribution in [1.29, 1.82) is 0 Å². The standard InChI is InChI=1S/C52H35N3S/c1-55-51(45-27-14-26-44-43-25-11-12-28-47(43)56-49(44)45)53-50(54-52(55)48-39-22-8-5-17-34(39)29-30-40(48)33-15-3-2-4-16-33)37-20-13-19-35(31-37)46-32-36-18-6-7-21-38(36)41-23-9-10-24-42(41)46/h2-32,51H,1H3. The zero-order valence-corrected chi connectivity index (χ0v) is 31.5. The Morgan fingerprint density at radius 1 is 0.464 bits per heavy atom. The van der Waals surface area contributed by atoms with Gasteiger partial charge in [0.2, 0.25) is 0 Å². The molecule has 0 aliphatic carbocycles. The molecule has 56 heavy (non-hydrogen) atoms. The number of nitrogens with zero attached hydrogens (tertiary/aromatic N) is 3. The summed E-state index contributed by atoms with van der Waals surface area (Å²) in [7, 11) is 2.16. The van der Waals surface area contributed by atoms with Crippen LogP contribution in [0.2, 0.25) is 0 Å². The van der Waals surface area contributed by atoms with Crippen LogP contribution in [0.5, 0.6) is 0 Å². The molecule has 1 aromatic heterocycles. The van der Waals surface area contributed by atoms with Crippen LogP contribution in [0.1, 0.15) is 22.9 Å². The highest BCUT2D eigenvalue weighted by atomic mass is 32.1. The van der Waals surface area contributed by atoms with Gasteiger partial charge in [-0.3, -0.25) is 0 Å². The molecule has 10 aromatic rings. The minimum Gasteiger partial charge on any atom is -0.333 e. The fourth-order valence-electron chi connectivity index (χ4n) is 8.64. The minimum atomic E-state index is -0.318. The van der Waals surface area contributed by atoms with Gasteiger partial charge in [0.1, 0.15) is 5.84 Å². The van der Waals surface area contributed by atoms with Gasteiger partial charge in [-0.2, -0.15) is 0 Å². The van der Waals surface area contributed by atoms with E-state index in [9.17, 15) is 0 Å². The van der Waals surface area contributed by atoms with E-state index in [-0.39, 0.29) is 6.17 Å². The third kappa shape index (κ3) is 5.25. The Morgan fingerprint density at radius 2 is 1.11 bits per heavy atom. The quantitative estimate of drug-likeness (QED) is 0.162. The van der Waals surface area contributed by atoms with Gasteiger partial charge in [0.25, 0.3) is 0 Å². The van der Waals surface area contributed by atoms with Crippen molar-refractivity contribution in [1.82, 2.24) is 4.90 Å². The van der Waals surface area contributed by atoms with E-state index in [1.54, 1.807) is 0 Å². The van der Waals surface area contributed by atoms with Crippen molar-refractivity contribution in [2.24, 2.45) is 9.98 Å². The number of thiophene rings is 1. The van der Waals surface area contributed by atoms with Crippen LogP contribution in [0, 0.1) is 0 Å². The molecule has 0 bridgehead atoms. The van der Waals surface area contributed by atoms with E-state index in [2.05, 4.69) is 200 Å². The maximum absolute atomic E-state index is 5.59. The number of hydrogen-bond acceptors (Lipinski definition) is 4. The first kappa shape index (κ1) is 32.5. The Morgan fingerprint density at radius 3 is 1.96 bits per heavy atom. The van der Waals surface area contributed by atoms with Crippen molar-refractivity contribution in [2.45, 2.75) is 6.17 Å². The van der Waals surface area contributed by atoms with E-state index >= 15 is 0 Å². The van der Waals surface area contributed by atoms with E-state index in [1.165, 1.54) is 58.2 Å². The first-order valence-corrected chi connectivity index (χ1v) is 19.9. The molecule has 0 saturated heterocycles. The fourth-order valence-corrected chi connectivity index (χ4v) is 9.87. The largest absolute Gasteiger partial charge is 0.333 e. The van der Waals surface area contributed by atoms with Crippen LogP contribution < -0.4 is 0 Å². The maximum Gasteiger partial charge on any atom is 0.159 e. The van der Waals surface area contributed by atoms with Gasteiger partial charge in [-0.05, 0) is 72.8 Å². The Balaban J connectivity index is 1.16. The number of hydrogen-bond donors (Lipinski definition) is 0. The van der Waals surface area contributed by atoms with E-state index < -0.39 is 0 Å². The second kappa shape index (κ2) is 13.2. The van der Waals surface area contributed by atoms with Gasteiger partial charge in [0, 0.05) is 43.9 Å². The highest BCUT2D eigenvalue weighted by molar-refractivity contribution is 7.26. The average molecular weight is 734 g/mol. The third-order valence-corrected chi connectivity index (χ3v) is 12.5. The SMILES string of the molecule is CN1C(c2c(-c3ccccc3)ccc3ccccc23)=NC(c2cccc(-c3cc4ccccc4c4ccccc34)c2)=NC1c1cccc2c1sc1ccccc12. The van der Waals surface area contributed by atoms with Gasteiger partial charge in [-0.1, -0.05) is 170 Å². The zero-order valence-electron chi connectivity index (χ0n) is 30.7. The lowest BCUT2D eigenvalue weighted by Crippen LogP contribution is -2.36. The zero-order chi connectivity index (χ0) is 37.2. The predicted molar refractivity (Wildman–Crippen MR) is 239 cm³/mol. The van der Waals surface area contributed by atoms with Crippen LogP contribution >= 0.6 is 11.3 Å². The summed E-state index contributed by atoms with van der Waals surface area (Å²) in [6.45, 7) is 0. The van der Waals surface area contributed by atoms with Gasteiger partial charge < -0.3 is 4.90 Å². The first-order valence-electron chi connectivity index (χ1n) is 19.1. The summed E-state index contributed by atoms with van der Waals surface area (Å²) in [6, 6.07) is 67.8. The van der Waals surface area contributed by atoms with E-state index in [0.717, 1.165) is 44.9 Å². The molecule has 0 N–H and O–H groups in total. The van der Waals surface area contributed by atoms with Crippen LogP contribution in [0.4, 0.5) is 0 Å². The molecule has 11 rings (SSSR count). The van der Waals surface area contributed by atoms with Crippen molar-refractivity contribution < 1.29 is 0 Å². The number of aliphatic imine (C=N–C) groups is 2. The highest BCUT2D eigenvalue weighted by Gasteiger charge is 2.31. The molecular weight excluding hydrogens is 699 g/mol. The topological polar surface area (TPSA) is 28.0 Å². The molecule has 0 fully saturated rings. The van der Waals surface area contributed by atoms with Crippen molar-refractivity contribution in [2.75, 3.05) is 7.05 Å². The molecular formula is C52H35N3S. The molecule has 3 nitrogen and oxygen atoms in total. The van der Waals surface area contributed by atoms with Crippen molar-refractivity contribution in [3.63, 3.8) is 0 Å². The Labute approximate surface area is 329 Å². The van der Waals surface area contributed by atoms with Crippen molar-refractivity contribution >= 4 is 75.5 Å². The van der Waals surface area contributed by atoms with Crippen LogP contribution in [0.25, 0.3) is 74.7 Å². The number of amidine groups is 2. The minimum absolute atomic E-state index is 0.318. The number of benzene rings is 9. The summed E-state index contributed by atoms with van der Waals surface area (Å²) >= 11 is 1.85. The van der Waals surface area contributed by atoms with E-state index in [4.69, 9.17) is 9.98 Å². The predicted octanol–water partition coefficient (Wildman–Crippen LogP) is 13.7. The summed E-state index contributed by atoms with van der Waals surface area (Å²) in [5.41, 5.74) is 7.91. The number of rotatable bonds is 5. The molecule has 0 saturated carbocycles. The summed E-state index contributed by atoms with van der Waals surface area (Å²) < 4.78 is 2.54. The third-order valence-electron chi connectivity index (χ3n) is 11.3. The first-order chi connectivity index (χ1) is 27.7. The molecule has 1 unspecified atom stereocenters. The molecule has 0 amide bonds. The van der Waals surface area contributed by atoms with Crippen LogP contribution in [0.15, 0.2) is 198 Å². The van der Waals surface area contributed by atoms with Crippen molar-refractivity contribution in [3.05, 3.63) is 205 Å². The summed E-state index contributed by atoms with van der Waals surface area (Å²) in [5.74, 6) is 1.62.